The van der Waals surface area contributed by atoms with E-state index in [1.54, 1.807) is 35.2 Å². The van der Waals surface area contributed by atoms with Crippen LogP contribution in [0.15, 0.2) is 42.5 Å². The number of nitrogens with zero attached hydrogens (tertiary/aromatic N) is 1. The lowest BCUT2D eigenvalue weighted by Crippen LogP contribution is -2.42. The van der Waals surface area contributed by atoms with Crippen molar-refractivity contribution < 1.29 is 9.18 Å². The van der Waals surface area contributed by atoms with Gasteiger partial charge in [0.15, 0.2) is 0 Å². The zero-order chi connectivity index (χ0) is 15.0. The molecule has 0 N–H and O–H groups in total. The lowest BCUT2D eigenvalue weighted by Gasteiger charge is -2.35. The van der Waals surface area contributed by atoms with Gasteiger partial charge in [-0.2, -0.15) is 0 Å². The third kappa shape index (κ3) is 2.66. The number of carbonyl (C=O) groups excluding carboxylic acids is 1. The van der Waals surface area contributed by atoms with Crippen LogP contribution in [0.3, 0.4) is 0 Å². The predicted molar refractivity (Wildman–Crippen MR) is 82.4 cm³/mol. The van der Waals surface area contributed by atoms with Crippen LogP contribution >= 0.6 is 11.6 Å². The first-order chi connectivity index (χ1) is 10.1. The van der Waals surface area contributed by atoms with E-state index in [2.05, 4.69) is 0 Å². The highest BCUT2D eigenvalue weighted by molar-refractivity contribution is 6.31. The van der Waals surface area contributed by atoms with Gasteiger partial charge in [0.2, 0.25) is 0 Å². The van der Waals surface area contributed by atoms with Gasteiger partial charge in [0.1, 0.15) is 5.82 Å². The zero-order valence-corrected chi connectivity index (χ0v) is 12.4. The average molecular weight is 304 g/mol. The highest BCUT2D eigenvalue weighted by atomic mass is 35.5. The number of aryl methyl sites for hydroxylation is 1. The van der Waals surface area contributed by atoms with Crippen molar-refractivity contribution in [2.24, 2.45) is 0 Å². The van der Waals surface area contributed by atoms with E-state index in [1.807, 2.05) is 6.92 Å². The standard InChI is InChI=1S/C17H15ClFNO/c1-11-5-6-12-10-15(19)7-8-16(12)20(11)17(21)13-3-2-4-14(18)9-13/h2-4,7-11H,5-6H2,1H3/t11-/m0/s1. The molecule has 1 atom stereocenters. The van der Waals surface area contributed by atoms with Crippen LogP contribution in [0.25, 0.3) is 0 Å². The van der Waals surface area contributed by atoms with Gasteiger partial charge >= 0.3 is 0 Å². The summed E-state index contributed by atoms with van der Waals surface area (Å²) in [6.45, 7) is 2.01. The number of amides is 1. The van der Waals surface area contributed by atoms with Crippen molar-refractivity contribution in [1.29, 1.82) is 0 Å². The Balaban J connectivity index is 2.03. The maximum atomic E-state index is 13.4. The lowest BCUT2D eigenvalue weighted by atomic mass is 9.95. The van der Waals surface area contributed by atoms with E-state index >= 15 is 0 Å². The highest BCUT2D eigenvalue weighted by Gasteiger charge is 2.29. The number of fused-ring (bicyclic) bond motifs is 1. The third-order valence-corrected chi connectivity index (χ3v) is 4.10. The van der Waals surface area contributed by atoms with Crippen molar-refractivity contribution in [2.75, 3.05) is 4.90 Å². The van der Waals surface area contributed by atoms with Crippen LogP contribution in [0.2, 0.25) is 5.02 Å². The minimum atomic E-state index is -0.265. The molecule has 2 nitrogen and oxygen atoms in total. The van der Waals surface area contributed by atoms with Gasteiger partial charge < -0.3 is 4.90 Å². The summed E-state index contributed by atoms with van der Waals surface area (Å²) in [6.07, 6.45) is 1.61. The molecule has 0 spiro atoms. The maximum Gasteiger partial charge on any atom is 0.258 e. The largest absolute Gasteiger partial charge is 0.305 e. The molecule has 108 valence electrons. The van der Waals surface area contributed by atoms with E-state index in [0.29, 0.717) is 10.6 Å². The summed E-state index contributed by atoms with van der Waals surface area (Å²) in [4.78, 5) is 14.5. The summed E-state index contributed by atoms with van der Waals surface area (Å²) in [7, 11) is 0. The number of carbonyl (C=O) groups is 1. The van der Waals surface area contributed by atoms with Crippen LogP contribution in [-0.4, -0.2) is 11.9 Å². The molecule has 0 saturated heterocycles. The van der Waals surface area contributed by atoms with Crippen LogP contribution in [0, 0.1) is 5.82 Å². The molecular weight excluding hydrogens is 289 g/mol. The highest BCUT2D eigenvalue weighted by Crippen LogP contribution is 2.32. The van der Waals surface area contributed by atoms with Crippen molar-refractivity contribution in [3.05, 3.63) is 64.4 Å². The second kappa shape index (κ2) is 5.49. The number of benzene rings is 2. The molecular formula is C17H15ClFNO. The van der Waals surface area contributed by atoms with E-state index in [9.17, 15) is 9.18 Å². The molecule has 1 aliphatic heterocycles. The summed E-state index contributed by atoms with van der Waals surface area (Å²) < 4.78 is 13.4. The maximum absolute atomic E-state index is 13.4. The molecule has 0 bridgehead atoms. The molecule has 1 amide bonds. The molecule has 4 heteroatoms. The Hall–Kier alpha value is -1.87. The van der Waals surface area contributed by atoms with Gasteiger partial charge in [-0.25, -0.2) is 4.39 Å². The molecule has 0 radical (unpaired) electrons. The SMILES string of the molecule is C[C@H]1CCc2cc(F)ccc2N1C(=O)c1cccc(Cl)c1. The molecule has 21 heavy (non-hydrogen) atoms. The molecule has 0 fully saturated rings. The monoisotopic (exact) mass is 303 g/mol. The van der Waals surface area contributed by atoms with Crippen LogP contribution < -0.4 is 4.90 Å². The third-order valence-electron chi connectivity index (χ3n) is 3.86. The predicted octanol–water partition coefficient (Wildman–Crippen LogP) is 4.46. The van der Waals surface area contributed by atoms with E-state index < -0.39 is 0 Å². The van der Waals surface area contributed by atoms with Crippen LogP contribution in [0.1, 0.15) is 29.3 Å². The van der Waals surface area contributed by atoms with Crippen molar-refractivity contribution in [2.45, 2.75) is 25.8 Å². The second-order valence-electron chi connectivity index (χ2n) is 5.35. The lowest BCUT2D eigenvalue weighted by molar-refractivity contribution is 0.0975. The fraction of sp³-hybridized carbons (Fsp3) is 0.235. The first-order valence-electron chi connectivity index (χ1n) is 6.94. The fourth-order valence-corrected chi connectivity index (χ4v) is 2.98. The number of rotatable bonds is 1. The summed E-state index contributed by atoms with van der Waals surface area (Å²) in [5, 5.41) is 0.532. The smallest absolute Gasteiger partial charge is 0.258 e. The minimum absolute atomic E-state index is 0.0782. The first-order valence-corrected chi connectivity index (χ1v) is 7.31. The fourth-order valence-electron chi connectivity index (χ4n) is 2.79. The van der Waals surface area contributed by atoms with E-state index in [-0.39, 0.29) is 17.8 Å². The van der Waals surface area contributed by atoms with Gasteiger partial charge in [0, 0.05) is 22.3 Å². The Morgan fingerprint density at radius 1 is 1.29 bits per heavy atom. The van der Waals surface area contributed by atoms with E-state index in [0.717, 1.165) is 24.1 Å². The molecule has 1 aliphatic rings. The molecule has 3 rings (SSSR count). The molecule has 0 saturated carbocycles. The van der Waals surface area contributed by atoms with Crippen molar-refractivity contribution in [1.82, 2.24) is 0 Å². The van der Waals surface area contributed by atoms with Crippen LogP contribution in [-0.2, 0) is 6.42 Å². The summed E-state index contributed by atoms with van der Waals surface area (Å²) in [5.41, 5.74) is 2.22. The van der Waals surface area contributed by atoms with E-state index in [1.165, 1.54) is 12.1 Å². The Kier molecular flexibility index (Phi) is 3.68. The Labute approximate surface area is 128 Å². The molecule has 1 heterocycles. The molecule has 0 aromatic heterocycles. The van der Waals surface area contributed by atoms with Crippen molar-refractivity contribution in [3.63, 3.8) is 0 Å². The average Bonchev–Trinajstić information content (AvgIpc) is 2.47. The topological polar surface area (TPSA) is 20.3 Å². The molecule has 0 unspecified atom stereocenters. The number of hydrogen-bond acceptors (Lipinski definition) is 1. The van der Waals surface area contributed by atoms with E-state index in [4.69, 9.17) is 11.6 Å². The number of anilines is 1. The van der Waals surface area contributed by atoms with Gasteiger partial charge in [-0.05, 0) is 61.7 Å². The van der Waals surface area contributed by atoms with Gasteiger partial charge in [0.05, 0.1) is 0 Å². The van der Waals surface area contributed by atoms with Gasteiger partial charge in [-0.3, -0.25) is 4.79 Å². The summed E-state index contributed by atoms with van der Waals surface area (Å²) in [5.74, 6) is -0.365. The Morgan fingerprint density at radius 3 is 2.86 bits per heavy atom. The van der Waals surface area contributed by atoms with Gasteiger partial charge in [-0.15, -0.1) is 0 Å². The molecule has 0 aliphatic carbocycles. The van der Waals surface area contributed by atoms with Crippen molar-refractivity contribution >= 4 is 23.2 Å². The summed E-state index contributed by atoms with van der Waals surface area (Å²) in [6, 6.07) is 11.6. The number of hydrogen-bond donors (Lipinski definition) is 0. The Morgan fingerprint density at radius 2 is 2.10 bits per heavy atom. The van der Waals surface area contributed by atoms with Crippen LogP contribution in [0.4, 0.5) is 10.1 Å². The number of halogens is 2. The molecule has 2 aromatic carbocycles. The van der Waals surface area contributed by atoms with Crippen LogP contribution in [0.5, 0.6) is 0 Å². The Bertz CT molecular complexity index is 701. The minimum Gasteiger partial charge on any atom is -0.305 e. The van der Waals surface area contributed by atoms with Crippen molar-refractivity contribution in [3.8, 4) is 0 Å². The molecule has 2 aromatic rings. The summed E-state index contributed by atoms with van der Waals surface area (Å²) >= 11 is 5.96. The normalized spacial score (nSPS) is 17.5. The first kappa shape index (κ1) is 14.1. The quantitative estimate of drug-likeness (QED) is 0.761. The zero-order valence-electron chi connectivity index (χ0n) is 11.6. The second-order valence-corrected chi connectivity index (χ2v) is 5.78. The van der Waals surface area contributed by atoms with Gasteiger partial charge in [-0.1, -0.05) is 17.7 Å². The van der Waals surface area contributed by atoms with Gasteiger partial charge in [0.25, 0.3) is 5.91 Å².